The van der Waals surface area contributed by atoms with E-state index in [4.69, 9.17) is 0 Å². The third-order valence-corrected chi connectivity index (χ3v) is 3.60. The zero-order valence-corrected chi connectivity index (χ0v) is 16.8. The summed E-state index contributed by atoms with van der Waals surface area (Å²) in [5.74, 6) is 0.664. The van der Waals surface area contributed by atoms with E-state index >= 15 is 0 Å². The minimum absolute atomic E-state index is 0.664. The molecule has 1 aromatic rings. The van der Waals surface area contributed by atoms with Crippen LogP contribution in [0.2, 0.25) is 0 Å². The van der Waals surface area contributed by atoms with Gasteiger partial charge in [0, 0.05) is 12.2 Å². The maximum Gasteiger partial charge on any atom is 0.0333 e. The van der Waals surface area contributed by atoms with E-state index in [1.807, 2.05) is 45.0 Å². The summed E-state index contributed by atoms with van der Waals surface area (Å²) >= 11 is 0. The van der Waals surface area contributed by atoms with Gasteiger partial charge in [0.05, 0.1) is 0 Å². The molecule has 136 valence electrons. The standard InChI is InChI=1S/C13H14.C9H15N.C2H6/c1-3-5-9-12(4-2)13-10-7-6-8-11-13;1-7(2)9-4-5-10-8(3)6-9;1-2/h3-11H,1H2,2H3;4,6-7,10H,5H2,1-3H3;1-2H3/b9-5-,12-4+;;. The van der Waals surface area contributed by atoms with E-state index in [1.54, 1.807) is 6.08 Å². The van der Waals surface area contributed by atoms with Crippen molar-refractivity contribution in [1.29, 1.82) is 0 Å². The van der Waals surface area contributed by atoms with Crippen molar-refractivity contribution in [3.8, 4) is 0 Å². The largest absolute Gasteiger partial charge is 0.385 e. The Morgan fingerprint density at radius 3 is 2.24 bits per heavy atom. The summed E-state index contributed by atoms with van der Waals surface area (Å²) in [6.07, 6.45) is 12.3. The number of allylic oxidation sites excluding steroid dienone is 8. The van der Waals surface area contributed by atoms with Crippen LogP contribution in [0.25, 0.3) is 5.57 Å². The Bertz CT molecular complexity index is 598. The first-order valence-corrected chi connectivity index (χ1v) is 9.21. The van der Waals surface area contributed by atoms with Crippen LogP contribution >= 0.6 is 0 Å². The van der Waals surface area contributed by atoms with Gasteiger partial charge in [-0.25, -0.2) is 0 Å². The Morgan fingerprint density at radius 2 is 1.80 bits per heavy atom. The smallest absolute Gasteiger partial charge is 0.0333 e. The molecule has 1 N–H and O–H groups in total. The summed E-state index contributed by atoms with van der Waals surface area (Å²) in [5.41, 5.74) is 5.20. The van der Waals surface area contributed by atoms with Crippen LogP contribution in [0.15, 0.2) is 84.6 Å². The van der Waals surface area contributed by atoms with Gasteiger partial charge in [0.25, 0.3) is 0 Å². The molecule has 1 heteroatoms. The van der Waals surface area contributed by atoms with Gasteiger partial charge in [-0.1, -0.05) is 95.0 Å². The zero-order valence-electron chi connectivity index (χ0n) is 16.8. The van der Waals surface area contributed by atoms with Gasteiger partial charge in [0.1, 0.15) is 0 Å². The van der Waals surface area contributed by atoms with Gasteiger partial charge in [-0.15, -0.1) is 0 Å². The fraction of sp³-hybridized carbons (Fsp3) is 0.333. The van der Waals surface area contributed by atoms with Crippen molar-refractivity contribution in [3.05, 3.63) is 90.2 Å². The van der Waals surface area contributed by atoms with Gasteiger partial charge in [0.2, 0.25) is 0 Å². The average Bonchev–Trinajstić information content (AvgIpc) is 2.65. The first-order valence-electron chi connectivity index (χ1n) is 9.21. The van der Waals surface area contributed by atoms with E-state index in [2.05, 4.69) is 69.1 Å². The molecule has 1 nitrogen and oxygen atoms in total. The van der Waals surface area contributed by atoms with Crippen molar-refractivity contribution < 1.29 is 0 Å². The molecule has 0 amide bonds. The van der Waals surface area contributed by atoms with E-state index in [-0.39, 0.29) is 0 Å². The highest BCUT2D eigenvalue weighted by Gasteiger charge is 2.03. The van der Waals surface area contributed by atoms with Crippen molar-refractivity contribution in [3.63, 3.8) is 0 Å². The van der Waals surface area contributed by atoms with Crippen LogP contribution in [0.1, 0.15) is 47.1 Å². The van der Waals surface area contributed by atoms with E-state index in [0.717, 1.165) is 6.54 Å². The minimum atomic E-state index is 0.664. The molecule has 2 rings (SSSR count). The number of rotatable bonds is 4. The number of benzene rings is 1. The highest BCUT2D eigenvalue weighted by Crippen LogP contribution is 2.15. The molecule has 25 heavy (non-hydrogen) atoms. The van der Waals surface area contributed by atoms with Gasteiger partial charge in [-0.05, 0) is 42.6 Å². The number of hydrogen-bond acceptors (Lipinski definition) is 1. The van der Waals surface area contributed by atoms with Crippen molar-refractivity contribution in [2.45, 2.75) is 41.5 Å². The van der Waals surface area contributed by atoms with Gasteiger partial charge in [-0.2, -0.15) is 0 Å². The van der Waals surface area contributed by atoms with Gasteiger partial charge >= 0.3 is 0 Å². The van der Waals surface area contributed by atoms with Crippen molar-refractivity contribution in [2.24, 2.45) is 5.92 Å². The Hall–Kier alpha value is -2.28. The molecule has 0 aliphatic carbocycles. The summed E-state index contributed by atoms with van der Waals surface area (Å²) in [7, 11) is 0. The van der Waals surface area contributed by atoms with Crippen molar-refractivity contribution in [1.82, 2.24) is 5.32 Å². The monoisotopic (exact) mass is 337 g/mol. The quantitative estimate of drug-likeness (QED) is 0.587. The Labute approximate surface area is 155 Å². The molecule has 0 radical (unpaired) electrons. The first-order chi connectivity index (χ1) is 12.1. The molecule has 1 aliphatic heterocycles. The van der Waals surface area contributed by atoms with Crippen molar-refractivity contribution in [2.75, 3.05) is 6.54 Å². The van der Waals surface area contributed by atoms with E-state index in [1.165, 1.54) is 22.4 Å². The van der Waals surface area contributed by atoms with Gasteiger partial charge in [-0.3, -0.25) is 0 Å². The van der Waals surface area contributed by atoms with Crippen LogP contribution in [0.5, 0.6) is 0 Å². The van der Waals surface area contributed by atoms with Crippen LogP contribution in [0.3, 0.4) is 0 Å². The molecule has 1 aliphatic rings. The predicted octanol–water partition coefficient (Wildman–Crippen LogP) is 6.93. The molecular formula is C24H35N. The molecule has 0 saturated heterocycles. The summed E-state index contributed by atoms with van der Waals surface area (Å²) in [4.78, 5) is 0. The number of dihydropyridines is 1. The maximum atomic E-state index is 3.65. The summed E-state index contributed by atoms with van der Waals surface area (Å²) < 4.78 is 0. The second-order valence-corrected chi connectivity index (χ2v) is 5.77. The molecule has 0 atom stereocenters. The summed E-state index contributed by atoms with van der Waals surface area (Å²) in [5, 5.41) is 3.25. The summed E-state index contributed by atoms with van der Waals surface area (Å²) in [6, 6.07) is 10.3. The van der Waals surface area contributed by atoms with Crippen LogP contribution in [0.4, 0.5) is 0 Å². The average molecular weight is 338 g/mol. The molecule has 0 spiro atoms. The number of nitrogens with one attached hydrogen (secondary N) is 1. The highest BCUT2D eigenvalue weighted by molar-refractivity contribution is 5.73. The Balaban J connectivity index is 0.000000430. The lowest BCUT2D eigenvalue weighted by Gasteiger charge is -2.15. The van der Waals surface area contributed by atoms with Gasteiger partial charge < -0.3 is 5.32 Å². The summed E-state index contributed by atoms with van der Waals surface area (Å²) in [6.45, 7) is 17.2. The fourth-order valence-electron chi connectivity index (χ4n) is 2.25. The second-order valence-electron chi connectivity index (χ2n) is 5.77. The van der Waals surface area contributed by atoms with E-state index in [9.17, 15) is 0 Å². The molecule has 0 saturated carbocycles. The van der Waals surface area contributed by atoms with Crippen LogP contribution in [0, 0.1) is 5.92 Å². The molecule has 0 aromatic heterocycles. The van der Waals surface area contributed by atoms with Crippen LogP contribution in [-0.2, 0) is 0 Å². The van der Waals surface area contributed by atoms with E-state index in [0.29, 0.717) is 5.92 Å². The highest BCUT2D eigenvalue weighted by atomic mass is 14.9. The first kappa shape index (κ1) is 22.7. The number of hydrogen-bond donors (Lipinski definition) is 1. The lowest BCUT2D eigenvalue weighted by Crippen LogP contribution is -2.16. The van der Waals surface area contributed by atoms with Gasteiger partial charge in [0.15, 0.2) is 0 Å². The van der Waals surface area contributed by atoms with Crippen LogP contribution < -0.4 is 5.32 Å². The SMILES string of the molecule is C=C/C=C\C(=C/C)c1ccccc1.CC.CC1=CC(C(C)C)=CCN1. The molecular weight excluding hydrogens is 302 g/mol. The lowest BCUT2D eigenvalue weighted by atomic mass is 10.0. The topological polar surface area (TPSA) is 12.0 Å². The molecule has 1 heterocycles. The lowest BCUT2D eigenvalue weighted by molar-refractivity contribution is 0.756. The predicted molar refractivity (Wildman–Crippen MR) is 115 cm³/mol. The Morgan fingerprint density at radius 1 is 1.16 bits per heavy atom. The molecule has 1 aromatic carbocycles. The second kappa shape index (κ2) is 14.1. The third kappa shape index (κ3) is 9.56. The molecule has 0 unspecified atom stereocenters. The van der Waals surface area contributed by atoms with E-state index < -0.39 is 0 Å². The van der Waals surface area contributed by atoms with Crippen molar-refractivity contribution >= 4 is 5.57 Å². The third-order valence-electron chi connectivity index (χ3n) is 3.60. The fourth-order valence-corrected chi connectivity index (χ4v) is 2.25. The maximum absolute atomic E-state index is 3.65. The molecule has 0 bridgehead atoms. The minimum Gasteiger partial charge on any atom is -0.385 e. The zero-order chi connectivity index (χ0) is 19.1. The molecule has 0 fully saturated rings. The van der Waals surface area contributed by atoms with Crippen LogP contribution in [-0.4, -0.2) is 6.54 Å². The normalized spacial score (nSPS) is 13.6. The Kier molecular flexibility index (Phi) is 12.8.